The fraction of sp³-hybridized carbons (Fsp3) is 0.255. The molecule has 0 atom stereocenters. The summed E-state index contributed by atoms with van der Waals surface area (Å²) in [6, 6.07) is 119. The van der Waals surface area contributed by atoms with Crippen LogP contribution in [0.5, 0.6) is 0 Å². The van der Waals surface area contributed by atoms with Crippen LogP contribution < -0.4 is 4.90 Å². The number of unbranched alkanes of at least 4 members (excludes halogenated alkanes) is 12. The minimum atomic E-state index is -0.627. The number of nitrogens with zero attached hydrogens (tertiary/aromatic N) is 2. The van der Waals surface area contributed by atoms with Crippen molar-refractivity contribution in [3.8, 4) is 50.2 Å². The molecule has 0 saturated heterocycles. The molecule has 1 heterocycles. The minimum Gasteiger partial charge on any atom is -0.310 e. The van der Waals surface area contributed by atoms with E-state index >= 15 is 0 Å². The molecule has 0 unspecified atom stereocenters. The highest BCUT2D eigenvalue weighted by atomic mass is 15.1. The Bertz CT molecular complexity index is 5480. The van der Waals surface area contributed by atoms with Crippen LogP contribution in [0.4, 0.5) is 17.1 Å². The molecule has 0 radical (unpaired) electrons. The summed E-state index contributed by atoms with van der Waals surface area (Å²) in [4.78, 5) is 2.60. The quantitative estimate of drug-likeness (QED) is 0.0407. The Balaban J connectivity index is 0.872. The van der Waals surface area contributed by atoms with Crippen molar-refractivity contribution in [3.63, 3.8) is 0 Å². The van der Waals surface area contributed by atoms with Crippen LogP contribution in [0, 0.1) is 13.8 Å². The average molecular weight is 1460 g/mol. The van der Waals surface area contributed by atoms with E-state index in [1.165, 1.54) is 263 Å². The maximum atomic E-state index is 2.61. The summed E-state index contributed by atoms with van der Waals surface area (Å²) in [5.41, 5.74) is 34.3. The normalized spacial score (nSPS) is 13.1. The summed E-state index contributed by atoms with van der Waals surface area (Å²) in [5, 5.41) is 4.92. The highest BCUT2D eigenvalue weighted by molar-refractivity contribution is 6.13. The third kappa shape index (κ3) is 13.8. The topological polar surface area (TPSA) is 8.17 Å². The first-order valence-electron chi connectivity index (χ1n) is 42.6. The maximum absolute atomic E-state index is 2.61. The molecule has 558 valence electrons. The molecule has 2 nitrogen and oxygen atoms in total. The zero-order valence-corrected chi connectivity index (χ0v) is 66.9. The maximum Gasteiger partial charge on any atom is 0.0714 e. The Morgan fingerprint density at radius 1 is 0.259 bits per heavy atom. The van der Waals surface area contributed by atoms with Gasteiger partial charge in [-0.2, -0.15) is 0 Å². The van der Waals surface area contributed by atoms with Crippen molar-refractivity contribution in [2.75, 3.05) is 4.90 Å². The molecule has 14 aromatic carbocycles. The predicted octanol–water partition coefficient (Wildman–Crippen LogP) is 30.6. The van der Waals surface area contributed by atoms with Gasteiger partial charge < -0.3 is 9.47 Å². The second-order valence-electron chi connectivity index (χ2n) is 32.6. The SMILES string of the molecule is CCCCCCc1ccc(C2(c3ccc(CCCCCC)cc3)c3cc(C)ccc3-c3ccc(N(c4ccc(-c5ccc6c(c5)c5cc(-c7ccccc7)ccc5n6-c5cccc6ccccc56)cc4)c4ccc5c(c4)C(c4ccc(CCCCCC)cc4)(c4ccc(CCCCCC)cc4)c4cc(C)ccc4-5)cc32)cc1. The van der Waals surface area contributed by atoms with Gasteiger partial charge in [-0.1, -0.05) is 352 Å². The minimum absolute atomic E-state index is 0.627. The van der Waals surface area contributed by atoms with E-state index in [0.717, 1.165) is 42.7 Å². The lowest BCUT2D eigenvalue weighted by Gasteiger charge is -2.36. The van der Waals surface area contributed by atoms with Gasteiger partial charge in [-0.3, -0.25) is 0 Å². The van der Waals surface area contributed by atoms with Crippen molar-refractivity contribution in [3.05, 3.63) is 381 Å². The molecular formula is C110H108N2. The largest absolute Gasteiger partial charge is 0.310 e. The Morgan fingerprint density at radius 2 is 0.607 bits per heavy atom. The third-order valence-corrected chi connectivity index (χ3v) is 25.2. The summed E-state index contributed by atoms with van der Waals surface area (Å²) in [6.07, 6.45) is 24.3. The van der Waals surface area contributed by atoms with Crippen molar-refractivity contribution in [1.29, 1.82) is 0 Å². The van der Waals surface area contributed by atoms with Crippen molar-refractivity contribution >= 4 is 49.6 Å². The second kappa shape index (κ2) is 32.7. The molecular weight excluding hydrogens is 1350 g/mol. The first-order chi connectivity index (χ1) is 55.2. The highest BCUT2D eigenvalue weighted by Crippen LogP contribution is 2.61. The van der Waals surface area contributed by atoms with Crippen molar-refractivity contribution in [2.45, 2.75) is 181 Å². The average Bonchev–Trinajstić information content (AvgIpc) is 1.54. The van der Waals surface area contributed by atoms with E-state index in [0.29, 0.717) is 0 Å². The van der Waals surface area contributed by atoms with E-state index < -0.39 is 10.8 Å². The first kappa shape index (κ1) is 73.7. The number of aryl methyl sites for hydroxylation is 6. The van der Waals surface area contributed by atoms with E-state index in [1.54, 1.807) is 0 Å². The van der Waals surface area contributed by atoms with E-state index in [2.05, 4.69) is 354 Å². The van der Waals surface area contributed by atoms with Gasteiger partial charge in [-0.25, -0.2) is 0 Å². The zero-order chi connectivity index (χ0) is 76.1. The molecule has 1 aromatic heterocycles. The molecule has 2 heteroatoms. The van der Waals surface area contributed by atoms with E-state index in [4.69, 9.17) is 0 Å². The van der Waals surface area contributed by atoms with E-state index in [9.17, 15) is 0 Å². The third-order valence-electron chi connectivity index (χ3n) is 25.2. The molecule has 17 rings (SSSR count). The Labute approximate surface area is 666 Å². The molecule has 0 fully saturated rings. The molecule has 2 aliphatic rings. The van der Waals surface area contributed by atoms with Crippen LogP contribution in [0.1, 0.15) is 208 Å². The number of hydrogen-bond acceptors (Lipinski definition) is 1. The van der Waals surface area contributed by atoms with Gasteiger partial charge >= 0.3 is 0 Å². The lowest BCUT2D eigenvalue weighted by molar-refractivity contribution is 0.666. The fourth-order valence-corrected chi connectivity index (χ4v) is 19.3. The van der Waals surface area contributed by atoms with Crippen LogP contribution in [0.15, 0.2) is 303 Å². The van der Waals surface area contributed by atoms with Crippen LogP contribution in [-0.4, -0.2) is 4.57 Å². The highest BCUT2D eigenvalue weighted by Gasteiger charge is 2.49. The summed E-state index contributed by atoms with van der Waals surface area (Å²) in [6.45, 7) is 13.8. The summed E-state index contributed by atoms with van der Waals surface area (Å²) >= 11 is 0. The van der Waals surface area contributed by atoms with Gasteiger partial charge in [-0.15, -0.1) is 0 Å². The van der Waals surface area contributed by atoms with Gasteiger partial charge in [0, 0.05) is 33.2 Å². The van der Waals surface area contributed by atoms with Gasteiger partial charge in [0.1, 0.15) is 0 Å². The molecule has 0 spiro atoms. The number of benzene rings is 14. The molecule has 112 heavy (non-hydrogen) atoms. The van der Waals surface area contributed by atoms with Crippen molar-refractivity contribution < 1.29 is 0 Å². The fourth-order valence-electron chi connectivity index (χ4n) is 19.3. The summed E-state index contributed by atoms with van der Waals surface area (Å²) < 4.78 is 2.49. The van der Waals surface area contributed by atoms with Crippen LogP contribution in [-0.2, 0) is 36.5 Å². The molecule has 15 aromatic rings. The van der Waals surface area contributed by atoms with Crippen molar-refractivity contribution in [1.82, 2.24) is 4.57 Å². The number of anilines is 3. The summed E-state index contributed by atoms with van der Waals surface area (Å²) in [5.74, 6) is 0. The van der Waals surface area contributed by atoms with Crippen molar-refractivity contribution in [2.24, 2.45) is 0 Å². The van der Waals surface area contributed by atoms with Gasteiger partial charge in [-0.05, 0) is 249 Å². The van der Waals surface area contributed by atoms with Crippen LogP contribution in [0.3, 0.4) is 0 Å². The zero-order valence-electron chi connectivity index (χ0n) is 66.9. The number of fused-ring (bicyclic) bond motifs is 10. The van der Waals surface area contributed by atoms with Crippen LogP contribution >= 0.6 is 0 Å². The molecule has 0 amide bonds. The van der Waals surface area contributed by atoms with Crippen LogP contribution in [0.25, 0.3) is 82.8 Å². The number of hydrogen-bond donors (Lipinski definition) is 0. The molecule has 0 N–H and O–H groups in total. The first-order valence-corrected chi connectivity index (χ1v) is 42.6. The van der Waals surface area contributed by atoms with Gasteiger partial charge in [0.05, 0.1) is 27.6 Å². The lowest BCUT2D eigenvalue weighted by atomic mass is 9.67. The number of aromatic nitrogens is 1. The van der Waals surface area contributed by atoms with E-state index in [1.807, 2.05) is 0 Å². The smallest absolute Gasteiger partial charge is 0.0714 e. The second-order valence-corrected chi connectivity index (χ2v) is 32.6. The van der Waals surface area contributed by atoms with E-state index in [-0.39, 0.29) is 0 Å². The summed E-state index contributed by atoms with van der Waals surface area (Å²) in [7, 11) is 0. The standard InChI is InChI=1S/C110H108N2/c1-7-11-15-20-29-79-41-53-88(54-42-79)109(89-55-43-80(44-56-89)30-21-16-12-8-2)102-71-77(5)39-65-96(102)98-67-63-93(75-104(98)109)111(92-61-49-84(50-62-92)87-52-70-108-101(74-87)100-73-86(83-33-24-19-25-34-83)51-69-107(100)112(108)106-38-28-36-85-35-26-27-37-95(85)106)94-64-68-99-97-66-40-78(6)72-103(97)110(105(99)76-94,90-57-45-81(46-58-90)31-22-17-13-9-3)91-59-47-82(48-60-91)32-23-18-14-10-4/h19,24-28,33-76H,7-18,20-23,29-32H2,1-6H3. The Morgan fingerprint density at radius 3 is 1.02 bits per heavy atom. The van der Waals surface area contributed by atoms with Gasteiger partial charge in [0.2, 0.25) is 0 Å². The molecule has 2 aliphatic carbocycles. The van der Waals surface area contributed by atoms with Gasteiger partial charge in [0.25, 0.3) is 0 Å². The monoisotopic (exact) mass is 1460 g/mol. The molecule has 0 aliphatic heterocycles. The van der Waals surface area contributed by atoms with Crippen LogP contribution in [0.2, 0.25) is 0 Å². The predicted molar refractivity (Wildman–Crippen MR) is 479 cm³/mol. The molecule has 0 bridgehead atoms. The lowest BCUT2D eigenvalue weighted by Crippen LogP contribution is -2.29. The number of rotatable bonds is 30. The molecule has 0 saturated carbocycles. The van der Waals surface area contributed by atoms with Gasteiger partial charge in [0.15, 0.2) is 0 Å². The Kier molecular flexibility index (Phi) is 21.5. The Hall–Kier alpha value is -11.1.